The molecule has 0 bridgehead atoms. The highest BCUT2D eigenvalue weighted by Crippen LogP contribution is 2.19. The summed E-state index contributed by atoms with van der Waals surface area (Å²) in [5, 5.41) is 14.2. The van der Waals surface area contributed by atoms with Gasteiger partial charge in [-0.2, -0.15) is 5.10 Å². The van der Waals surface area contributed by atoms with Crippen molar-refractivity contribution in [1.82, 2.24) is 19.7 Å². The zero-order valence-corrected chi connectivity index (χ0v) is 13.2. The van der Waals surface area contributed by atoms with Gasteiger partial charge in [0.1, 0.15) is 5.82 Å². The number of aliphatic hydroxyl groups is 1. The number of nitrogens with zero attached hydrogens (tertiary/aromatic N) is 4. The molecule has 1 atom stereocenters. The molecule has 0 aliphatic rings. The third-order valence-electron chi connectivity index (χ3n) is 3.34. The van der Waals surface area contributed by atoms with Crippen LogP contribution in [0.5, 0.6) is 0 Å². The van der Waals surface area contributed by atoms with E-state index in [1.54, 1.807) is 4.68 Å². The Labute approximate surface area is 126 Å². The number of aliphatic hydroxyl groups excluding tert-OH is 1. The maximum Gasteiger partial charge on any atom is 0.158 e. The normalized spacial score (nSPS) is 12.9. The van der Waals surface area contributed by atoms with Crippen LogP contribution in [0.3, 0.4) is 0 Å². The van der Waals surface area contributed by atoms with E-state index in [-0.39, 0.29) is 0 Å². The lowest BCUT2D eigenvalue weighted by molar-refractivity contribution is 0.145. The minimum absolute atomic E-state index is 0.391. The molecule has 0 spiro atoms. The summed E-state index contributed by atoms with van der Waals surface area (Å²) in [6, 6.07) is 8.36. The molecular formula is C16H24N4O. The van der Waals surface area contributed by atoms with Gasteiger partial charge in [-0.3, -0.25) is 0 Å². The standard InChI is InChI=1S/C16H24N4O/c1-5-15(21)11-20-16(17-12(2)18-20)14-8-6-13(7-9-14)10-19(3)4/h6-9,15,21H,5,10-11H2,1-4H3. The Morgan fingerprint density at radius 1 is 1.24 bits per heavy atom. The molecule has 114 valence electrons. The third kappa shape index (κ3) is 4.12. The van der Waals surface area contributed by atoms with Crippen molar-refractivity contribution in [2.45, 2.75) is 39.5 Å². The van der Waals surface area contributed by atoms with Crippen LogP contribution in [0.15, 0.2) is 24.3 Å². The monoisotopic (exact) mass is 288 g/mol. The molecule has 0 fully saturated rings. The van der Waals surface area contributed by atoms with Crippen LogP contribution < -0.4 is 0 Å². The van der Waals surface area contributed by atoms with Gasteiger partial charge < -0.3 is 10.0 Å². The van der Waals surface area contributed by atoms with Gasteiger partial charge in [-0.1, -0.05) is 31.2 Å². The minimum atomic E-state index is -0.391. The summed E-state index contributed by atoms with van der Waals surface area (Å²) in [5.41, 5.74) is 2.29. The van der Waals surface area contributed by atoms with Gasteiger partial charge in [0.15, 0.2) is 5.82 Å². The van der Waals surface area contributed by atoms with E-state index in [0.29, 0.717) is 13.0 Å². The first-order chi connectivity index (χ1) is 9.99. The molecule has 0 aliphatic carbocycles. The second-order valence-electron chi connectivity index (χ2n) is 5.66. The highest BCUT2D eigenvalue weighted by molar-refractivity contribution is 5.55. The number of benzene rings is 1. The molecule has 0 saturated carbocycles. The van der Waals surface area contributed by atoms with Crippen LogP contribution in [0, 0.1) is 6.92 Å². The van der Waals surface area contributed by atoms with E-state index in [9.17, 15) is 5.11 Å². The smallest absolute Gasteiger partial charge is 0.158 e. The maximum absolute atomic E-state index is 9.84. The van der Waals surface area contributed by atoms with Crippen LogP contribution in [0.25, 0.3) is 11.4 Å². The maximum atomic E-state index is 9.84. The van der Waals surface area contributed by atoms with Gasteiger partial charge in [0.2, 0.25) is 0 Å². The predicted octanol–water partition coefficient (Wildman–Crippen LogP) is 2.09. The molecule has 5 nitrogen and oxygen atoms in total. The van der Waals surface area contributed by atoms with Crippen LogP contribution in [0.2, 0.25) is 0 Å². The summed E-state index contributed by atoms with van der Waals surface area (Å²) in [7, 11) is 4.11. The zero-order valence-electron chi connectivity index (χ0n) is 13.2. The van der Waals surface area contributed by atoms with Crippen molar-refractivity contribution in [3.8, 4) is 11.4 Å². The van der Waals surface area contributed by atoms with Crippen LogP contribution >= 0.6 is 0 Å². The Morgan fingerprint density at radius 3 is 2.48 bits per heavy atom. The lowest BCUT2D eigenvalue weighted by Crippen LogP contribution is -2.16. The van der Waals surface area contributed by atoms with Gasteiger partial charge in [0.05, 0.1) is 12.6 Å². The lowest BCUT2D eigenvalue weighted by atomic mass is 10.1. The quantitative estimate of drug-likeness (QED) is 0.884. The molecule has 5 heteroatoms. The summed E-state index contributed by atoms with van der Waals surface area (Å²) in [6.07, 6.45) is 0.318. The highest BCUT2D eigenvalue weighted by Gasteiger charge is 2.12. The Hall–Kier alpha value is -1.72. The van der Waals surface area contributed by atoms with Crippen molar-refractivity contribution in [3.05, 3.63) is 35.7 Å². The van der Waals surface area contributed by atoms with E-state index in [2.05, 4.69) is 53.3 Å². The van der Waals surface area contributed by atoms with Crippen molar-refractivity contribution in [2.24, 2.45) is 0 Å². The molecule has 1 N–H and O–H groups in total. The van der Waals surface area contributed by atoms with E-state index in [1.165, 1.54) is 5.56 Å². The first-order valence-corrected chi connectivity index (χ1v) is 7.33. The van der Waals surface area contributed by atoms with Crippen LogP contribution in [0.1, 0.15) is 24.7 Å². The molecule has 1 heterocycles. The fraction of sp³-hybridized carbons (Fsp3) is 0.500. The van der Waals surface area contributed by atoms with Crippen LogP contribution in [-0.2, 0) is 13.1 Å². The number of aryl methyl sites for hydroxylation is 1. The molecule has 0 amide bonds. The highest BCUT2D eigenvalue weighted by atomic mass is 16.3. The van der Waals surface area contributed by atoms with Crippen molar-refractivity contribution in [2.75, 3.05) is 14.1 Å². The second-order valence-corrected chi connectivity index (χ2v) is 5.66. The summed E-state index contributed by atoms with van der Waals surface area (Å²) in [5.74, 6) is 1.54. The Bertz CT molecular complexity index is 574. The van der Waals surface area contributed by atoms with Crippen molar-refractivity contribution in [3.63, 3.8) is 0 Å². The number of rotatable bonds is 6. The van der Waals surface area contributed by atoms with Gasteiger partial charge in [-0.25, -0.2) is 9.67 Å². The zero-order chi connectivity index (χ0) is 15.4. The molecule has 0 saturated heterocycles. The van der Waals surface area contributed by atoms with Gasteiger partial charge in [0, 0.05) is 12.1 Å². The van der Waals surface area contributed by atoms with E-state index < -0.39 is 6.10 Å². The molecular weight excluding hydrogens is 264 g/mol. The lowest BCUT2D eigenvalue weighted by Gasteiger charge is -2.12. The van der Waals surface area contributed by atoms with Crippen molar-refractivity contribution < 1.29 is 5.11 Å². The van der Waals surface area contributed by atoms with Gasteiger partial charge in [-0.15, -0.1) is 0 Å². The van der Waals surface area contributed by atoms with Gasteiger partial charge in [-0.05, 0) is 33.0 Å². The third-order valence-corrected chi connectivity index (χ3v) is 3.34. The van der Waals surface area contributed by atoms with E-state index in [0.717, 1.165) is 23.8 Å². The second kappa shape index (κ2) is 6.83. The van der Waals surface area contributed by atoms with E-state index in [4.69, 9.17) is 0 Å². The first-order valence-electron chi connectivity index (χ1n) is 7.33. The van der Waals surface area contributed by atoms with Crippen molar-refractivity contribution >= 4 is 0 Å². The Balaban J connectivity index is 2.24. The summed E-state index contributed by atoms with van der Waals surface area (Å²) in [6.45, 7) is 5.23. The topological polar surface area (TPSA) is 54.2 Å². The Kier molecular flexibility index (Phi) is 5.09. The van der Waals surface area contributed by atoms with E-state index >= 15 is 0 Å². The average molecular weight is 288 g/mol. The fourth-order valence-corrected chi connectivity index (χ4v) is 2.25. The molecule has 1 aromatic carbocycles. The summed E-state index contributed by atoms with van der Waals surface area (Å²) in [4.78, 5) is 6.63. The predicted molar refractivity (Wildman–Crippen MR) is 83.9 cm³/mol. The molecule has 2 rings (SSSR count). The largest absolute Gasteiger partial charge is 0.391 e. The number of aromatic nitrogens is 3. The van der Waals surface area contributed by atoms with Gasteiger partial charge >= 0.3 is 0 Å². The molecule has 2 aromatic rings. The molecule has 21 heavy (non-hydrogen) atoms. The summed E-state index contributed by atoms with van der Waals surface area (Å²) < 4.78 is 1.80. The fourth-order valence-electron chi connectivity index (χ4n) is 2.25. The van der Waals surface area contributed by atoms with Crippen molar-refractivity contribution in [1.29, 1.82) is 0 Å². The SMILES string of the molecule is CCC(O)Cn1nc(C)nc1-c1ccc(CN(C)C)cc1. The first kappa shape index (κ1) is 15.7. The minimum Gasteiger partial charge on any atom is -0.391 e. The van der Waals surface area contributed by atoms with Crippen LogP contribution in [-0.4, -0.2) is 45.0 Å². The average Bonchev–Trinajstić information content (AvgIpc) is 2.79. The molecule has 1 aromatic heterocycles. The summed E-state index contributed by atoms with van der Waals surface area (Å²) >= 11 is 0. The van der Waals surface area contributed by atoms with Gasteiger partial charge in [0.25, 0.3) is 0 Å². The molecule has 0 radical (unpaired) electrons. The molecule has 1 unspecified atom stereocenters. The van der Waals surface area contributed by atoms with Crippen LogP contribution in [0.4, 0.5) is 0 Å². The van der Waals surface area contributed by atoms with E-state index in [1.807, 2.05) is 13.8 Å². The molecule has 0 aliphatic heterocycles. The number of hydrogen-bond acceptors (Lipinski definition) is 4. The number of hydrogen-bond donors (Lipinski definition) is 1. The Morgan fingerprint density at radius 2 is 1.90 bits per heavy atom.